The van der Waals surface area contributed by atoms with Crippen molar-refractivity contribution in [2.24, 2.45) is 4.99 Å². The molecule has 4 heterocycles. The van der Waals surface area contributed by atoms with Gasteiger partial charge in [-0.25, -0.2) is 9.98 Å². The molecule has 4 aromatic heterocycles. The Hall–Kier alpha value is -8.33. The molecule has 296 valence electrons. The summed E-state index contributed by atoms with van der Waals surface area (Å²) >= 11 is 1.68. The average molecular weight is 827 g/mol. The van der Waals surface area contributed by atoms with Crippen molar-refractivity contribution in [3.63, 3.8) is 0 Å². The SMILES string of the molecule is N=C(/N=C(/c1ccccc1)c1cc2ccccc2o1)c1cccc2sc3cc(-c4nc(-c5ccccc5)nc(-n5c6ccccc6c6cc(-c7ccccc7)ccc65)n4)ccc3c12. The third kappa shape index (κ3) is 6.40. The lowest BCUT2D eigenvalue weighted by Crippen LogP contribution is -2.07. The molecule has 0 aliphatic heterocycles. The lowest BCUT2D eigenvalue weighted by atomic mass is 10.0. The summed E-state index contributed by atoms with van der Waals surface area (Å²) in [5.74, 6) is 2.47. The summed E-state index contributed by atoms with van der Waals surface area (Å²) in [5, 5.41) is 14.7. The normalized spacial score (nSPS) is 12.0. The zero-order valence-corrected chi connectivity index (χ0v) is 34.4. The average Bonchev–Trinajstić information content (AvgIpc) is 4.05. The predicted molar refractivity (Wildman–Crippen MR) is 258 cm³/mol. The number of aliphatic imine (C=N–C) groups is 1. The number of para-hydroxylation sites is 2. The summed E-state index contributed by atoms with van der Waals surface area (Å²) in [6.07, 6.45) is 0. The third-order valence-electron chi connectivity index (χ3n) is 11.6. The second-order valence-electron chi connectivity index (χ2n) is 15.4. The fourth-order valence-electron chi connectivity index (χ4n) is 8.60. The Morgan fingerprint density at radius 2 is 1.19 bits per heavy atom. The molecular formula is C55H34N6OS. The van der Waals surface area contributed by atoms with Crippen LogP contribution >= 0.6 is 11.3 Å². The van der Waals surface area contributed by atoms with Crippen molar-refractivity contribution in [1.29, 1.82) is 5.41 Å². The molecule has 0 fully saturated rings. The Kier molecular flexibility index (Phi) is 8.69. The Morgan fingerprint density at radius 1 is 0.508 bits per heavy atom. The molecule has 0 saturated carbocycles. The summed E-state index contributed by atoms with van der Waals surface area (Å²) in [6.45, 7) is 0. The van der Waals surface area contributed by atoms with Crippen LogP contribution in [0, 0.1) is 5.41 Å². The number of nitrogens with zero attached hydrogens (tertiary/aromatic N) is 5. The van der Waals surface area contributed by atoms with Crippen LogP contribution in [0.1, 0.15) is 16.9 Å². The number of thiophene rings is 1. The van der Waals surface area contributed by atoms with Crippen molar-refractivity contribution < 1.29 is 4.42 Å². The van der Waals surface area contributed by atoms with Crippen LogP contribution in [0.15, 0.2) is 210 Å². The van der Waals surface area contributed by atoms with Crippen LogP contribution in [0.4, 0.5) is 0 Å². The van der Waals surface area contributed by atoms with Gasteiger partial charge in [0.25, 0.3) is 0 Å². The molecule has 0 aliphatic carbocycles. The van der Waals surface area contributed by atoms with Crippen molar-refractivity contribution in [1.82, 2.24) is 19.5 Å². The Morgan fingerprint density at radius 3 is 2.00 bits per heavy atom. The number of nitrogens with one attached hydrogen (secondary N) is 1. The van der Waals surface area contributed by atoms with E-state index in [1.165, 1.54) is 0 Å². The number of furan rings is 1. The first-order valence-electron chi connectivity index (χ1n) is 20.7. The molecule has 12 aromatic rings. The zero-order chi connectivity index (χ0) is 41.9. The number of aromatic nitrogens is 4. The molecule has 8 heteroatoms. The quantitative estimate of drug-likeness (QED) is 0.128. The monoisotopic (exact) mass is 826 g/mol. The molecule has 0 radical (unpaired) electrons. The smallest absolute Gasteiger partial charge is 0.238 e. The molecule has 1 N–H and O–H groups in total. The Labute approximate surface area is 365 Å². The highest BCUT2D eigenvalue weighted by Gasteiger charge is 2.21. The van der Waals surface area contributed by atoms with E-state index >= 15 is 0 Å². The molecule has 0 unspecified atom stereocenters. The van der Waals surface area contributed by atoms with Gasteiger partial charge in [0.1, 0.15) is 11.3 Å². The van der Waals surface area contributed by atoms with Crippen LogP contribution in [0.3, 0.4) is 0 Å². The van der Waals surface area contributed by atoms with Gasteiger partial charge >= 0.3 is 0 Å². The molecule has 8 aromatic carbocycles. The van der Waals surface area contributed by atoms with Crippen LogP contribution < -0.4 is 0 Å². The van der Waals surface area contributed by atoms with Crippen LogP contribution in [-0.2, 0) is 0 Å². The van der Waals surface area contributed by atoms with Gasteiger partial charge in [-0.1, -0.05) is 158 Å². The van der Waals surface area contributed by atoms with Gasteiger partial charge in [0.2, 0.25) is 5.95 Å². The van der Waals surface area contributed by atoms with Gasteiger partial charge in [-0.05, 0) is 53.6 Å². The number of hydrogen-bond donors (Lipinski definition) is 1. The third-order valence-corrected chi connectivity index (χ3v) is 12.7. The first-order valence-corrected chi connectivity index (χ1v) is 21.5. The zero-order valence-electron chi connectivity index (χ0n) is 33.6. The van der Waals surface area contributed by atoms with E-state index in [4.69, 9.17) is 24.4 Å². The van der Waals surface area contributed by atoms with E-state index in [0.29, 0.717) is 29.1 Å². The van der Waals surface area contributed by atoms with E-state index < -0.39 is 0 Å². The number of hydrogen-bond acceptors (Lipinski definition) is 6. The molecule has 7 nitrogen and oxygen atoms in total. The van der Waals surface area contributed by atoms with Crippen molar-refractivity contribution >= 4 is 75.8 Å². The second kappa shape index (κ2) is 15.0. The van der Waals surface area contributed by atoms with Gasteiger partial charge in [-0.2, -0.15) is 9.97 Å². The summed E-state index contributed by atoms with van der Waals surface area (Å²) < 4.78 is 10.6. The largest absolute Gasteiger partial charge is 0.454 e. The summed E-state index contributed by atoms with van der Waals surface area (Å²) in [6, 6.07) is 67.9. The molecule has 63 heavy (non-hydrogen) atoms. The maximum atomic E-state index is 9.48. The lowest BCUT2D eigenvalue weighted by molar-refractivity contribution is 0.605. The topological polar surface area (TPSA) is 93.0 Å². The maximum Gasteiger partial charge on any atom is 0.238 e. The van der Waals surface area contributed by atoms with Crippen molar-refractivity contribution in [2.45, 2.75) is 0 Å². The molecule has 0 saturated heterocycles. The molecule has 0 atom stereocenters. The van der Waals surface area contributed by atoms with Crippen LogP contribution in [0.25, 0.3) is 92.8 Å². The van der Waals surface area contributed by atoms with Gasteiger partial charge in [0.05, 0.1) is 11.0 Å². The molecule has 0 amide bonds. The van der Waals surface area contributed by atoms with E-state index in [1.807, 2.05) is 109 Å². The van der Waals surface area contributed by atoms with E-state index in [9.17, 15) is 5.41 Å². The lowest BCUT2D eigenvalue weighted by Gasteiger charge is -2.11. The number of fused-ring (bicyclic) bond motifs is 7. The Bertz CT molecular complexity index is 3720. The van der Waals surface area contributed by atoms with E-state index in [1.54, 1.807) is 11.3 Å². The van der Waals surface area contributed by atoms with Crippen LogP contribution in [-0.4, -0.2) is 31.1 Å². The van der Waals surface area contributed by atoms with E-state index in [-0.39, 0.29) is 5.84 Å². The summed E-state index contributed by atoms with van der Waals surface area (Å²) in [5.41, 5.74) is 9.11. The minimum Gasteiger partial charge on any atom is -0.454 e. The first-order chi connectivity index (χ1) is 31.1. The predicted octanol–water partition coefficient (Wildman–Crippen LogP) is 13.9. The number of benzene rings is 8. The number of rotatable bonds is 7. The minimum atomic E-state index is 0.153. The Balaban J connectivity index is 0.995. The second-order valence-corrected chi connectivity index (χ2v) is 16.5. The van der Waals surface area contributed by atoms with E-state index in [2.05, 4.69) is 95.6 Å². The highest BCUT2D eigenvalue weighted by Crippen LogP contribution is 2.39. The molecule has 0 aliphatic rings. The van der Waals surface area contributed by atoms with Gasteiger partial charge in [-0.15, -0.1) is 11.3 Å². The molecule has 0 bridgehead atoms. The van der Waals surface area contributed by atoms with Crippen molar-refractivity contribution in [3.05, 3.63) is 217 Å². The minimum absolute atomic E-state index is 0.153. The number of amidine groups is 1. The van der Waals surface area contributed by atoms with Gasteiger partial charge in [-0.3, -0.25) is 9.98 Å². The first kappa shape index (κ1) is 36.5. The summed E-state index contributed by atoms with van der Waals surface area (Å²) in [4.78, 5) is 20.5. The van der Waals surface area contributed by atoms with Crippen molar-refractivity contribution in [3.8, 4) is 39.9 Å². The standard InChI is InChI=1S/C55H34N6OS/c56-52(57-51(35-17-6-2-7-18-35)47-32-38-21-10-13-25-46(38)62-47)42-23-14-26-48-50(42)41-29-27-39(33-49(41)63-48)54-58-53(36-19-8-3-9-20-36)59-55(60-54)61-44-24-12-11-22-40(44)43-31-37(28-30-45(43)61)34-15-4-1-5-16-34/h1-33,56H/b56-52?,57-51-. The van der Waals surface area contributed by atoms with Gasteiger partial charge in [0.15, 0.2) is 23.2 Å². The highest BCUT2D eigenvalue weighted by molar-refractivity contribution is 7.26. The summed E-state index contributed by atoms with van der Waals surface area (Å²) in [7, 11) is 0. The highest BCUT2D eigenvalue weighted by atomic mass is 32.1. The molecule has 0 spiro atoms. The maximum absolute atomic E-state index is 9.48. The fraction of sp³-hybridized carbons (Fsp3) is 0. The molecular weight excluding hydrogens is 793 g/mol. The van der Waals surface area contributed by atoms with Crippen molar-refractivity contribution in [2.75, 3.05) is 0 Å². The van der Waals surface area contributed by atoms with Gasteiger partial charge in [0, 0.05) is 58.6 Å². The van der Waals surface area contributed by atoms with Crippen LogP contribution in [0.2, 0.25) is 0 Å². The fourth-order valence-corrected chi connectivity index (χ4v) is 9.77. The van der Waals surface area contributed by atoms with Crippen LogP contribution in [0.5, 0.6) is 0 Å². The molecule has 12 rings (SSSR count). The van der Waals surface area contributed by atoms with E-state index in [0.717, 1.165) is 86.3 Å². The van der Waals surface area contributed by atoms with Gasteiger partial charge < -0.3 is 4.42 Å².